The van der Waals surface area contributed by atoms with Gasteiger partial charge in [0, 0.05) is 32.2 Å². The molecule has 1 aromatic heterocycles. The standard InChI is InChI=1S/C20H30N2O3/c23-19(17-15-25-18(21-17)16-5-13-24-14-6-16)22-11-4-9-20(10-12-22)7-2-1-3-8-20/h15-16H,1-14H2. The van der Waals surface area contributed by atoms with E-state index < -0.39 is 0 Å². The van der Waals surface area contributed by atoms with Crippen molar-refractivity contribution >= 4 is 5.91 Å². The first-order valence-electron chi connectivity index (χ1n) is 10.1. The fourth-order valence-corrected chi connectivity index (χ4v) is 4.94. The number of hydrogen-bond donors (Lipinski definition) is 0. The van der Waals surface area contributed by atoms with E-state index >= 15 is 0 Å². The van der Waals surface area contributed by atoms with Crippen LogP contribution in [0.5, 0.6) is 0 Å². The molecule has 1 amide bonds. The number of oxazole rings is 1. The number of aromatic nitrogens is 1. The highest BCUT2D eigenvalue weighted by atomic mass is 16.5. The van der Waals surface area contributed by atoms with Crippen LogP contribution < -0.4 is 0 Å². The molecule has 138 valence electrons. The van der Waals surface area contributed by atoms with Crippen molar-refractivity contribution in [3.63, 3.8) is 0 Å². The van der Waals surface area contributed by atoms with Crippen LogP contribution in [0.25, 0.3) is 0 Å². The number of rotatable bonds is 2. The summed E-state index contributed by atoms with van der Waals surface area (Å²) in [6.07, 6.45) is 13.8. The Morgan fingerprint density at radius 1 is 1.04 bits per heavy atom. The molecule has 2 saturated heterocycles. The summed E-state index contributed by atoms with van der Waals surface area (Å²) in [4.78, 5) is 19.4. The van der Waals surface area contributed by atoms with E-state index in [0.29, 0.717) is 22.9 Å². The van der Waals surface area contributed by atoms with Crippen LogP contribution in [0.3, 0.4) is 0 Å². The van der Waals surface area contributed by atoms with Crippen LogP contribution in [0.1, 0.15) is 86.5 Å². The molecule has 4 rings (SSSR count). The van der Waals surface area contributed by atoms with Crippen LogP contribution in [-0.4, -0.2) is 42.1 Å². The Morgan fingerprint density at radius 3 is 2.60 bits per heavy atom. The van der Waals surface area contributed by atoms with E-state index in [-0.39, 0.29) is 5.91 Å². The average molecular weight is 346 g/mol. The molecule has 25 heavy (non-hydrogen) atoms. The summed E-state index contributed by atoms with van der Waals surface area (Å²) < 4.78 is 11.0. The fourth-order valence-electron chi connectivity index (χ4n) is 4.94. The van der Waals surface area contributed by atoms with Gasteiger partial charge in [0.2, 0.25) is 0 Å². The minimum absolute atomic E-state index is 0.0509. The zero-order valence-electron chi connectivity index (χ0n) is 15.2. The lowest BCUT2D eigenvalue weighted by Gasteiger charge is -2.36. The lowest BCUT2D eigenvalue weighted by atomic mass is 9.69. The van der Waals surface area contributed by atoms with Crippen molar-refractivity contribution in [1.82, 2.24) is 9.88 Å². The molecule has 1 aromatic rings. The van der Waals surface area contributed by atoms with Crippen molar-refractivity contribution < 1.29 is 13.9 Å². The van der Waals surface area contributed by atoms with Gasteiger partial charge < -0.3 is 14.1 Å². The molecule has 0 atom stereocenters. The van der Waals surface area contributed by atoms with Crippen LogP contribution >= 0.6 is 0 Å². The molecule has 3 aliphatic rings. The lowest BCUT2D eigenvalue weighted by Crippen LogP contribution is -2.33. The molecule has 3 heterocycles. The Balaban J connectivity index is 1.40. The molecule has 3 fully saturated rings. The van der Waals surface area contributed by atoms with Crippen LogP contribution in [-0.2, 0) is 4.74 Å². The quantitative estimate of drug-likeness (QED) is 0.807. The number of nitrogens with zero attached hydrogens (tertiary/aromatic N) is 2. The van der Waals surface area contributed by atoms with Crippen molar-refractivity contribution in [1.29, 1.82) is 0 Å². The number of likely N-dealkylation sites (tertiary alicyclic amines) is 1. The molecule has 1 spiro atoms. The molecule has 2 aliphatic heterocycles. The third kappa shape index (κ3) is 3.76. The maximum atomic E-state index is 12.9. The molecule has 0 bridgehead atoms. The van der Waals surface area contributed by atoms with Gasteiger partial charge in [-0.25, -0.2) is 4.98 Å². The van der Waals surface area contributed by atoms with Crippen LogP contribution in [0, 0.1) is 5.41 Å². The lowest BCUT2D eigenvalue weighted by molar-refractivity contribution is 0.0742. The van der Waals surface area contributed by atoms with Crippen molar-refractivity contribution in [3.8, 4) is 0 Å². The Kier molecular flexibility index (Phi) is 5.11. The maximum Gasteiger partial charge on any atom is 0.275 e. The molecule has 0 aromatic carbocycles. The molecular weight excluding hydrogens is 316 g/mol. The molecule has 0 radical (unpaired) electrons. The number of carbonyl (C=O) groups excluding carboxylic acids is 1. The van der Waals surface area contributed by atoms with Crippen LogP contribution in [0.4, 0.5) is 0 Å². The van der Waals surface area contributed by atoms with Crippen molar-refractivity contribution in [3.05, 3.63) is 17.8 Å². The monoisotopic (exact) mass is 346 g/mol. The summed E-state index contributed by atoms with van der Waals surface area (Å²) in [7, 11) is 0. The average Bonchev–Trinajstić information content (AvgIpc) is 3.07. The Morgan fingerprint density at radius 2 is 1.80 bits per heavy atom. The van der Waals surface area contributed by atoms with Crippen molar-refractivity contribution in [2.45, 2.75) is 70.1 Å². The second kappa shape index (κ2) is 7.48. The largest absolute Gasteiger partial charge is 0.448 e. The fraction of sp³-hybridized carbons (Fsp3) is 0.800. The molecule has 5 heteroatoms. The van der Waals surface area contributed by atoms with E-state index in [4.69, 9.17) is 9.15 Å². The van der Waals surface area contributed by atoms with Gasteiger partial charge in [-0.05, 0) is 50.4 Å². The second-order valence-corrected chi connectivity index (χ2v) is 8.16. The first-order valence-corrected chi connectivity index (χ1v) is 10.1. The van der Waals surface area contributed by atoms with E-state index in [1.54, 1.807) is 6.26 Å². The topological polar surface area (TPSA) is 55.6 Å². The predicted molar refractivity (Wildman–Crippen MR) is 94.6 cm³/mol. The van der Waals surface area contributed by atoms with E-state index in [9.17, 15) is 4.79 Å². The van der Waals surface area contributed by atoms with Gasteiger partial charge in [-0.3, -0.25) is 4.79 Å². The second-order valence-electron chi connectivity index (χ2n) is 8.16. The number of carbonyl (C=O) groups is 1. The van der Waals surface area contributed by atoms with E-state index in [1.807, 2.05) is 4.90 Å². The maximum absolute atomic E-state index is 12.9. The molecule has 0 unspecified atom stereocenters. The van der Waals surface area contributed by atoms with E-state index in [0.717, 1.165) is 52.0 Å². The Labute approximate surface area is 150 Å². The first-order chi connectivity index (χ1) is 12.3. The minimum Gasteiger partial charge on any atom is -0.448 e. The summed E-state index contributed by atoms with van der Waals surface area (Å²) in [5.41, 5.74) is 0.991. The summed E-state index contributed by atoms with van der Waals surface area (Å²) in [6, 6.07) is 0. The summed E-state index contributed by atoms with van der Waals surface area (Å²) in [5, 5.41) is 0. The van der Waals surface area contributed by atoms with Gasteiger partial charge in [-0.2, -0.15) is 0 Å². The summed E-state index contributed by atoms with van der Waals surface area (Å²) >= 11 is 0. The highest BCUT2D eigenvalue weighted by Crippen LogP contribution is 2.44. The number of ether oxygens (including phenoxy) is 1. The Bertz CT molecular complexity index is 586. The van der Waals surface area contributed by atoms with Crippen molar-refractivity contribution in [2.75, 3.05) is 26.3 Å². The van der Waals surface area contributed by atoms with Gasteiger partial charge in [0.05, 0.1) is 0 Å². The predicted octanol–water partition coefficient (Wildman–Crippen LogP) is 4.15. The van der Waals surface area contributed by atoms with Crippen LogP contribution in [0.2, 0.25) is 0 Å². The highest BCUT2D eigenvalue weighted by Gasteiger charge is 2.35. The zero-order valence-corrected chi connectivity index (χ0v) is 15.2. The van der Waals surface area contributed by atoms with Gasteiger partial charge >= 0.3 is 0 Å². The molecular formula is C20H30N2O3. The van der Waals surface area contributed by atoms with Gasteiger partial charge in [0.1, 0.15) is 6.26 Å². The zero-order chi connectivity index (χ0) is 17.1. The van der Waals surface area contributed by atoms with Crippen molar-refractivity contribution in [2.24, 2.45) is 5.41 Å². The van der Waals surface area contributed by atoms with Gasteiger partial charge in [-0.1, -0.05) is 19.3 Å². The third-order valence-corrected chi connectivity index (χ3v) is 6.56. The normalized spacial score (nSPS) is 25.0. The number of hydrogen-bond acceptors (Lipinski definition) is 4. The highest BCUT2D eigenvalue weighted by molar-refractivity contribution is 5.92. The summed E-state index contributed by atoms with van der Waals surface area (Å²) in [5.74, 6) is 1.06. The molecule has 5 nitrogen and oxygen atoms in total. The smallest absolute Gasteiger partial charge is 0.275 e. The van der Waals surface area contributed by atoms with E-state index in [1.165, 1.54) is 38.5 Å². The molecule has 0 N–H and O–H groups in total. The van der Waals surface area contributed by atoms with Gasteiger partial charge in [0.25, 0.3) is 5.91 Å². The first kappa shape index (κ1) is 17.1. The summed E-state index contributed by atoms with van der Waals surface area (Å²) in [6.45, 7) is 3.24. The Hall–Kier alpha value is -1.36. The third-order valence-electron chi connectivity index (χ3n) is 6.56. The van der Waals surface area contributed by atoms with E-state index in [2.05, 4.69) is 4.98 Å². The SMILES string of the molecule is O=C(c1coc(C2CCOCC2)n1)N1CCCC2(CCCCC2)CC1. The van der Waals surface area contributed by atoms with Gasteiger partial charge in [-0.15, -0.1) is 0 Å². The van der Waals surface area contributed by atoms with Crippen LogP contribution in [0.15, 0.2) is 10.7 Å². The van der Waals surface area contributed by atoms with Gasteiger partial charge in [0.15, 0.2) is 11.6 Å². The molecule has 1 saturated carbocycles. The molecule has 1 aliphatic carbocycles. The minimum atomic E-state index is 0.0509. The number of amides is 1.